The van der Waals surface area contributed by atoms with Crippen molar-refractivity contribution in [2.45, 2.75) is 18.3 Å². The first kappa shape index (κ1) is 14.2. The van der Waals surface area contributed by atoms with Crippen LogP contribution in [-0.2, 0) is 6.18 Å². The van der Waals surface area contributed by atoms with Crippen LogP contribution in [0.15, 0.2) is 35.7 Å². The molecule has 2 N–H and O–H groups in total. The summed E-state index contributed by atoms with van der Waals surface area (Å²) in [6.07, 6.45) is -5.10. The van der Waals surface area contributed by atoms with Crippen LogP contribution in [0, 0.1) is 0 Å². The van der Waals surface area contributed by atoms with E-state index < -0.39 is 17.8 Å². The summed E-state index contributed by atoms with van der Waals surface area (Å²) in [6, 6.07) is 6.18. The van der Waals surface area contributed by atoms with E-state index in [0.29, 0.717) is 11.4 Å². The van der Waals surface area contributed by atoms with Crippen LogP contribution in [0.3, 0.4) is 0 Å². The molecule has 2 aromatic rings. The third kappa shape index (κ3) is 2.84. The molecule has 0 spiro atoms. The molecule has 0 fully saturated rings. The van der Waals surface area contributed by atoms with Crippen molar-refractivity contribution in [3.05, 3.63) is 46.2 Å². The van der Waals surface area contributed by atoms with E-state index in [1.807, 2.05) is 11.4 Å². The summed E-state index contributed by atoms with van der Waals surface area (Å²) < 4.78 is 42.9. The van der Waals surface area contributed by atoms with Crippen LogP contribution < -0.4 is 10.1 Å². The lowest BCUT2D eigenvalue weighted by atomic mass is 10.1. The molecule has 3 rings (SSSR count). The molecule has 0 radical (unpaired) electrons. The normalized spacial score (nSPS) is 21.5. The molecule has 1 aromatic carbocycles. The summed E-state index contributed by atoms with van der Waals surface area (Å²) in [5.41, 5.74) is -0.175. The van der Waals surface area contributed by atoms with Gasteiger partial charge in [-0.15, -0.1) is 11.3 Å². The molecule has 0 saturated heterocycles. The molecule has 0 saturated carbocycles. The zero-order chi connectivity index (χ0) is 15.0. The van der Waals surface area contributed by atoms with Crippen LogP contribution in [0.5, 0.6) is 5.75 Å². The predicted octanol–water partition coefficient (Wildman–Crippen LogP) is 3.67. The van der Waals surface area contributed by atoms with Gasteiger partial charge >= 0.3 is 6.18 Å². The molecule has 21 heavy (non-hydrogen) atoms. The fourth-order valence-electron chi connectivity index (χ4n) is 2.20. The van der Waals surface area contributed by atoms with Gasteiger partial charge in [-0.3, -0.25) is 0 Å². The van der Waals surface area contributed by atoms with Crippen molar-refractivity contribution >= 4 is 17.0 Å². The highest BCUT2D eigenvalue weighted by atomic mass is 32.1. The standard InChI is InChI=1S/C14H12F3NO2S/c15-14(16,17)8-1-3-9(4-2-8)18-12-10(19)7-20-11-5-6-21-13(11)12/h1-6,10,12,18-19H,7H2. The first-order valence-electron chi connectivity index (χ1n) is 6.27. The number of fused-ring (bicyclic) bond motifs is 1. The number of hydrogen-bond donors (Lipinski definition) is 2. The van der Waals surface area contributed by atoms with Crippen LogP contribution >= 0.6 is 11.3 Å². The summed E-state index contributed by atoms with van der Waals surface area (Å²) in [4.78, 5) is 0.841. The van der Waals surface area contributed by atoms with E-state index in [9.17, 15) is 18.3 Å². The summed E-state index contributed by atoms with van der Waals surface area (Å²) in [6.45, 7) is 0.155. The molecule has 1 aliphatic heterocycles. The molecule has 2 unspecified atom stereocenters. The third-order valence-electron chi connectivity index (χ3n) is 3.27. The van der Waals surface area contributed by atoms with Crippen LogP contribution in [0.2, 0.25) is 0 Å². The van der Waals surface area contributed by atoms with Crippen molar-refractivity contribution in [3.63, 3.8) is 0 Å². The maximum atomic E-state index is 12.5. The minimum atomic E-state index is -4.35. The van der Waals surface area contributed by atoms with Gasteiger partial charge in [-0.25, -0.2) is 0 Å². The van der Waals surface area contributed by atoms with Crippen molar-refractivity contribution in [1.29, 1.82) is 0 Å². The second kappa shape index (κ2) is 5.23. The maximum absolute atomic E-state index is 12.5. The lowest BCUT2D eigenvalue weighted by Crippen LogP contribution is -2.34. The number of benzene rings is 1. The quantitative estimate of drug-likeness (QED) is 0.888. The zero-order valence-corrected chi connectivity index (χ0v) is 11.5. The second-order valence-electron chi connectivity index (χ2n) is 4.72. The second-order valence-corrected chi connectivity index (χ2v) is 5.67. The van der Waals surface area contributed by atoms with E-state index in [0.717, 1.165) is 17.0 Å². The van der Waals surface area contributed by atoms with E-state index in [-0.39, 0.29) is 12.6 Å². The van der Waals surface area contributed by atoms with Gasteiger partial charge in [0.2, 0.25) is 0 Å². The fraction of sp³-hybridized carbons (Fsp3) is 0.286. The Kier molecular flexibility index (Phi) is 3.54. The largest absolute Gasteiger partial charge is 0.490 e. The molecule has 2 heterocycles. The van der Waals surface area contributed by atoms with E-state index in [1.165, 1.54) is 23.5 Å². The van der Waals surface area contributed by atoms with Crippen molar-refractivity contribution in [1.82, 2.24) is 0 Å². The number of nitrogens with one attached hydrogen (secondary N) is 1. The number of rotatable bonds is 2. The van der Waals surface area contributed by atoms with Gasteiger partial charge in [0, 0.05) is 5.69 Å². The summed E-state index contributed by atoms with van der Waals surface area (Å²) in [5, 5.41) is 14.9. The van der Waals surface area contributed by atoms with Crippen LogP contribution in [0.1, 0.15) is 16.5 Å². The predicted molar refractivity (Wildman–Crippen MR) is 73.6 cm³/mol. The van der Waals surface area contributed by atoms with Gasteiger partial charge in [0.25, 0.3) is 0 Å². The number of thiophene rings is 1. The Bertz CT molecular complexity index is 624. The molecule has 112 valence electrons. The van der Waals surface area contributed by atoms with Crippen LogP contribution in [0.25, 0.3) is 0 Å². The van der Waals surface area contributed by atoms with Gasteiger partial charge in [0.05, 0.1) is 16.5 Å². The zero-order valence-electron chi connectivity index (χ0n) is 10.7. The highest BCUT2D eigenvalue weighted by molar-refractivity contribution is 7.10. The minimum Gasteiger partial charge on any atom is -0.490 e. The first-order chi connectivity index (χ1) is 9.95. The number of anilines is 1. The SMILES string of the molecule is OC1COc2ccsc2C1Nc1ccc(C(F)(F)F)cc1. The molecule has 2 atom stereocenters. The Hall–Kier alpha value is -1.73. The molecule has 0 amide bonds. The van der Waals surface area contributed by atoms with Crippen LogP contribution in [0.4, 0.5) is 18.9 Å². The lowest BCUT2D eigenvalue weighted by Gasteiger charge is -2.29. The average molecular weight is 315 g/mol. The summed E-state index contributed by atoms with van der Waals surface area (Å²) in [7, 11) is 0. The molecule has 1 aromatic heterocycles. The Balaban J connectivity index is 1.81. The monoisotopic (exact) mass is 315 g/mol. The van der Waals surface area contributed by atoms with Crippen molar-refractivity contribution in [3.8, 4) is 5.75 Å². The number of aliphatic hydroxyl groups excluding tert-OH is 1. The maximum Gasteiger partial charge on any atom is 0.416 e. The third-order valence-corrected chi connectivity index (χ3v) is 4.25. The molecule has 3 nitrogen and oxygen atoms in total. The van der Waals surface area contributed by atoms with Gasteiger partial charge in [0.15, 0.2) is 0 Å². The molecular weight excluding hydrogens is 303 g/mol. The van der Waals surface area contributed by atoms with Gasteiger partial charge in [0.1, 0.15) is 18.5 Å². The first-order valence-corrected chi connectivity index (χ1v) is 7.15. The average Bonchev–Trinajstić information content (AvgIpc) is 2.90. The van der Waals surface area contributed by atoms with Gasteiger partial charge in [-0.1, -0.05) is 0 Å². The number of aliphatic hydroxyl groups is 1. The highest BCUT2D eigenvalue weighted by Gasteiger charge is 2.32. The van der Waals surface area contributed by atoms with Gasteiger partial charge in [-0.2, -0.15) is 13.2 Å². The van der Waals surface area contributed by atoms with Gasteiger partial charge < -0.3 is 15.2 Å². The van der Waals surface area contributed by atoms with E-state index in [1.54, 1.807) is 0 Å². The topological polar surface area (TPSA) is 41.5 Å². The Morgan fingerprint density at radius 3 is 2.57 bits per heavy atom. The number of alkyl halides is 3. The smallest absolute Gasteiger partial charge is 0.416 e. The molecule has 7 heteroatoms. The molecular formula is C14H12F3NO2S. The van der Waals surface area contributed by atoms with E-state index in [2.05, 4.69) is 5.32 Å². The van der Waals surface area contributed by atoms with Crippen LogP contribution in [-0.4, -0.2) is 17.8 Å². The summed E-state index contributed by atoms with van der Waals surface area (Å²) in [5.74, 6) is 0.703. The Morgan fingerprint density at radius 1 is 1.19 bits per heavy atom. The van der Waals surface area contributed by atoms with E-state index >= 15 is 0 Å². The lowest BCUT2D eigenvalue weighted by molar-refractivity contribution is -0.137. The molecule has 1 aliphatic rings. The Labute approximate surface area is 123 Å². The Morgan fingerprint density at radius 2 is 1.90 bits per heavy atom. The fourth-order valence-corrected chi connectivity index (χ4v) is 3.14. The van der Waals surface area contributed by atoms with Gasteiger partial charge in [-0.05, 0) is 35.7 Å². The molecule has 0 aliphatic carbocycles. The molecule has 0 bridgehead atoms. The number of hydrogen-bond acceptors (Lipinski definition) is 4. The van der Waals surface area contributed by atoms with E-state index in [4.69, 9.17) is 4.74 Å². The minimum absolute atomic E-state index is 0.155. The van der Waals surface area contributed by atoms with Crippen molar-refractivity contribution in [2.24, 2.45) is 0 Å². The van der Waals surface area contributed by atoms with Crippen molar-refractivity contribution in [2.75, 3.05) is 11.9 Å². The summed E-state index contributed by atoms with van der Waals surface area (Å²) >= 11 is 1.44. The highest BCUT2D eigenvalue weighted by Crippen LogP contribution is 2.39. The van der Waals surface area contributed by atoms with Crippen molar-refractivity contribution < 1.29 is 23.0 Å². The number of halogens is 3. The number of ether oxygens (including phenoxy) is 1.